The molecule has 1 aliphatic heterocycles. The van der Waals surface area contributed by atoms with Gasteiger partial charge in [-0.05, 0) is 32.3 Å². The molecule has 4 N–H and O–H groups in total. The lowest BCUT2D eigenvalue weighted by Gasteiger charge is -2.20. The van der Waals surface area contributed by atoms with E-state index in [0.717, 1.165) is 18.9 Å². The molecule has 1 saturated heterocycles. The number of nitrogens with two attached hydrogens (primary N) is 1. The van der Waals surface area contributed by atoms with Crippen LogP contribution in [-0.2, 0) is 4.79 Å². The second-order valence-corrected chi connectivity index (χ2v) is 7.71. The van der Waals surface area contributed by atoms with E-state index >= 15 is 0 Å². The molecule has 2 aromatic heterocycles. The maximum absolute atomic E-state index is 14.8. The van der Waals surface area contributed by atoms with E-state index in [1.807, 2.05) is 0 Å². The van der Waals surface area contributed by atoms with E-state index in [4.69, 9.17) is 5.73 Å². The normalized spacial score (nSPS) is 19.4. The number of rotatable bonds is 5. The molecule has 1 amide bonds. The Hall–Kier alpha value is -2.72. The van der Waals surface area contributed by atoms with Crippen molar-refractivity contribution in [1.29, 1.82) is 0 Å². The van der Waals surface area contributed by atoms with Gasteiger partial charge in [0.05, 0.1) is 11.4 Å². The van der Waals surface area contributed by atoms with Crippen LogP contribution in [0.3, 0.4) is 0 Å². The molecule has 0 radical (unpaired) electrons. The first-order chi connectivity index (χ1) is 13.8. The van der Waals surface area contributed by atoms with Gasteiger partial charge in [-0.1, -0.05) is 0 Å². The van der Waals surface area contributed by atoms with Crippen LogP contribution in [0.25, 0.3) is 11.0 Å². The standard InChI is InChI=1S/C19H22FN5O4.ClH/c1-9(21)18(27)22-10-4-5-24(7-10)17-14(20)6-12-15(26)13(19(28)29)8-25(11-2-3-11)16(12)23-17;/h6,8-11H,2-5,7,21H2,1H3,(H,22,27)(H,28,29);1H/t9-,10?;/m0./s1. The largest absolute Gasteiger partial charge is 0.477 e. The fraction of sp³-hybridized carbons (Fsp3) is 0.474. The van der Waals surface area contributed by atoms with Crippen LogP contribution >= 0.6 is 12.4 Å². The Labute approximate surface area is 177 Å². The molecule has 1 aliphatic carbocycles. The van der Waals surface area contributed by atoms with Gasteiger partial charge in [0.2, 0.25) is 11.3 Å². The molecule has 0 bridgehead atoms. The zero-order valence-corrected chi connectivity index (χ0v) is 17.1. The Balaban J connectivity index is 0.00000256. The summed E-state index contributed by atoms with van der Waals surface area (Å²) in [6, 6.07) is 0.319. The summed E-state index contributed by atoms with van der Waals surface area (Å²) in [5, 5.41) is 12.1. The number of carbonyl (C=O) groups is 2. The van der Waals surface area contributed by atoms with Crippen molar-refractivity contribution >= 4 is 41.1 Å². The summed E-state index contributed by atoms with van der Waals surface area (Å²) < 4.78 is 16.5. The monoisotopic (exact) mass is 439 g/mol. The summed E-state index contributed by atoms with van der Waals surface area (Å²) in [5.74, 6) is -2.22. The third kappa shape index (κ3) is 3.97. The van der Waals surface area contributed by atoms with Crippen LogP contribution in [-0.4, -0.2) is 51.7 Å². The third-order valence-electron chi connectivity index (χ3n) is 5.36. The number of carbonyl (C=O) groups excluding carboxylic acids is 1. The van der Waals surface area contributed by atoms with Crippen molar-refractivity contribution in [2.75, 3.05) is 18.0 Å². The van der Waals surface area contributed by atoms with Crippen molar-refractivity contribution in [3.63, 3.8) is 0 Å². The van der Waals surface area contributed by atoms with Gasteiger partial charge in [-0.3, -0.25) is 9.59 Å². The van der Waals surface area contributed by atoms with Crippen LogP contribution in [0.5, 0.6) is 0 Å². The number of hydrogen-bond acceptors (Lipinski definition) is 6. The predicted molar refractivity (Wildman–Crippen MR) is 111 cm³/mol. The minimum absolute atomic E-state index is 0. The number of carboxylic acid groups (broad SMARTS) is 1. The van der Waals surface area contributed by atoms with Gasteiger partial charge in [0, 0.05) is 31.4 Å². The second-order valence-electron chi connectivity index (χ2n) is 7.71. The number of aromatic nitrogens is 2. The lowest BCUT2D eigenvalue weighted by Crippen LogP contribution is -2.45. The number of nitrogens with one attached hydrogen (secondary N) is 1. The molecule has 162 valence electrons. The molecule has 1 unspecified atom stereocenters. The molecule has 2 atom stereocenters. The van der Waals surface area contributed by atoms with Gasteiger partial charge in [0.15, 0.2) is 11.6 Å². The van der Waals surface area contributed by atoms with Crippen LogP contribution in [0.2, 0.25) is 0 Å². The number of carboxylic acids is 1. The Morgan fingerprint density at radius 1 is 1.37 bits per heavy atom. The van der Waals surface area contributed by atoms with E-state index in [0.29, 0.717) is 19.5 Å². The van der Waals surface area contributed by atoms with Crippen LogP contribution in [0.15, 0.2) is 17.1 Å². The predicted octanol–water partition coefficient (Wildman–Crippen LogP) is 1.03. The summed E-state index contributed by atoms with van der Waals surface area (Å²) in [7, 11) is 0. The number of halogens is 2. The second kappa shape index (κ2) is 8.19. The van der Waals surface area contributed by atoms with Crippen molar-refractivity contribution in [3.8, 4) is 0 Å². The number of fused-ring (bicyclic) bond motifs is 1. The summed E-state index contributed by atoms with van der Waals surface area (Å²) >= 11 is 0. The maximum Gasteiger partial charge on any atom is 0.341 e. The number of nitrogens with zero attached hydrogens (tertiary/aromatic N) is 3. The maximum atomic E-state index is 14.8. The molecular formula is C19H23ClFN5O4. The van der Waals surface area contributed by atoms with Gasteiger partial charge >= 0.3 is 5.97 Å². The Bertz CT molecular complexity index is 1070. The van der Waals surface area contributed by atoms with E-state index < -0.39 is 28.8 Å². The summed E-state index contributed by atoms with van der Waals surface area (Å²) in [6.45, 7) is 2.45. The van der Waals surface area contributed by atoms with Gasteiger partial charge in [-0.15, -0.1) is 12.4 Å². The van der Waals surface area contributed by atoms with Gasteiger partial charge in [-0.2, -0.15) is 0 Å². The molecule has 9 nitrogen and oxygen atoms in total. The average molecular weight is 440 g/mol. The first kappa shape index (κ1) is 22.0. The fourth-order valence-corrected chi connectivity index (χ4v) is 3.65. The first-order valence-corrected chi connectivity index (χ1v) is 9.56. The average Bonchev–Trinajstić information content (AvgIpc) is 3.40. The fourth-order valence-electron chi connectivity index (χ4n) is 3.65. The minimum atomic E-state index is -1.34. The van der Waals surface area contributed by atoms with E-state index in [1.165, 1.54) is 6.20 Å². The summed E-state index contributed by atoms with van der Waals surface area (Å²) in [6.07, 6.45) is 3.61. The zero-order valence-electron chi connectivity index (χ0n) is 16.3. The molecule has 3 heterocycles. The van der Waals surface area contributed by atoms with E-state index in [1.54, 1.807) is 16.4 Å². The molecule has 0 aromatic carbocycles. The summed E-state index contributed by atoms with van der Waals surface area (Å²) in [5.41, 5.74) is 4.72. The van der Waals surface area contributed by atoms with Crippen molar-refractivity contribution in [1.82, 2.24) is 14.9 Å². The Morgan fingerprint density at radius 2 is 2.07 bits per heavy atom. The molecule has 4 rings (SSSR count). The van der Waals surface area contributed by atoms with Gasteiger partial charge in [0.25, 0.3) is 0 Å². The highest BCUT2D eigenvalue weighted by Crippen LogP contribution is 2.37. The van der Waals surface area contributed by atoms with Gasteiger partial charge in [0.1, 0.15) is 11.2 Å². The number of aromatic carboxylic acids is 1. The number of amides is 1. The Morgan fingerprint density at radius 3 is 2.67 bits per heavy atom. The van der Waals surface area contributed by atoms with Gasteiger partial charge in [-0.25, -0.2) is 14.2 Å². The van der Waals surface area contributed by atoms with Crippen LogP contribution in [0, 0.1) is 5.82 Å². The summed E-state index contributed by atoms with van der Waals surface area (Å²) in [4.78, 5) is 41.9. The highest BCUT2D eigenvalue weighted by Gasteiger charge is 2.31. The highest BCUT2D eigenvalue weighted by molar-refractivity contribution is 5.92. The molecule has 2 fully saturated rings. The minimum Gasteiger partial charge on any atom is -0.477 e. The van der Waals surface area contributed by atoms with Crippen LogP contribution in [0.1, 0.15) is 42.6 Å². The van der Waals surface area contributed by atoms with Crippen molar-refractivity contribution in [3.05, 3.63) is 33.9 Å². The molecule has 0 spiro atoms. The molecule has 11 heteroatoms. The first-order valence-electron chi connectivity index (χ1n) is 9.56. The smallest absolute Gasteiger partial charge is 0.341 e. The number of pyridine rings is 2. The Kier molecular flexibility index (Phi) is 6.00. The van der Waals surface area contributed by atoms with Crippen LogP contribution < -0.4 is 21.4 Å². The van der Waals surface area contributed by atoms with Gasteiger partial charge < -0.3 is 25.6 Å². The molecule has 2 aromatic rings. The lowest BCUT2D eigenvalue weighted by atomic mass is 10.2. The highest BCUT2D eigenvalue weighted by atomic mass is 35.5. The van der Waals surface area contributed by atoms with Crippen molar-refractivity contribution < 1.29 is 19.1 Å². The van der Waals surface area contributed by atoms with Crippen LogP contribution in [0.4, 0.5) is 10.2 Å². The molecule has 1 saturated carbocycles. The quantitative estimate of drug-likeness (QED) is 0.634. The van der Waals surface area contributed by atoms with E-state index in [2.05, 4.69) is 10.3 Å². The third-order valence-corrected chi connectivity index (χ3v) is 5.36. The zero-order chi connectivity index (χ0) is 20.9. The van der Waals surface area contributed by atoms with E-state index in [9.17, 15) is 23.9 Å². The lowest BCUT2D eigenvalue weighted by molar-refractivity contribution is -0.122. The molecule has 2 aliphatic rings. The van der Waals surface area contributed by atoms with E-state index in [-0.39, 0.29) is 47.2 Å². The number of anilines is 1. The van der Waals surface area contributed by atoms with Crippen molar-refractivity contribution in [2.24, 2.45) is 5.73 Å². The molecule has 30 heavy (non-hydrogen) atoms. The SMILES string of the molecule is C[C@H](N)C(=O)NC1CCN(c2nc3c(cc2F)c(=O)c(C(=O)O)cn3C2CC2)C1.Cl. The van der Waals surface area contributed by atoms with Crippen molar-refractivity contribution in [2.45, 2.75) is 44.3 Å². The molecular weight excluding hydrogens is 417 g/mol. The topological polar surface area (TPSA) is 131 Å². The number of hydrogen-bond donors (Lipinski definition) is 3.